The Balaban J connectivity index is 1.63. The lowest BCUT2D eigenvalue weighted by Crippen LogP contribution is -2.22. The van der Waals surface area contributed by atoms with E-state index in [4.69, 9.17) is 9.26 Å². The number of rotatable bonds is 5. The Morgan fingerprint density at radius 3 is 2.68 bits per heavy atom. The van der Waals surface area contributed by atoms with E-state index in [0.717, 1.165) is 22.4 Å². The van der Waals surface area contributed by atoms with Crippen molar-refractivity contribution in [3.05, 3.63) is 82.1 Å². The van der Waals surface area contributed by atoms with Crippen molar-refractivity contribution in [3.8, 4) is 28.7 Å². The number of aryl methyl sites for hydroxylation is 1. The first-order valence-corrected chi connectivity index (χ1v) is 8.74. The van der Waals surface area contributed by atoms with Gasteiger partial charge in [0, 0.05) is 11.6 Å². The van der Waals surface area contributed by atoms with Crippen LogP contribution in [0.1, 0.15) is 11.1 Å². The Morgan fingerprint density at radius 1 is 1.07 bits per heavy atom. The van der Waals surface area contributed by atoms with Gasteiger partial charge < -0.3 is 9.26 Å². The summed E-state index contributed by atoms with van der Waals surface area (Å²) in [7, 11) is 1.60. The van der Waals surface area contributed by atoms with E-state index in [1.165, 1.54) is 10.7 Å². The van der Waals surface area contributed by atoms with E-state index in [0.29, 0.717) is 18.1 Å². The van der Waals surface area contributed by atoms with E-state index in [-0.39, 0.29) is 11.4 Å². The summed E-state index contributed by atoms with van der Waals surface area (Å²) < 4.78 is 11.9. The van der Waals surface area contributed by atoms with Gasteiger partial charge in [-0.05, 0) is 30.7 Å². The summed E-state index contributed by atoms with van der Waals surface area (Å²) in [6, 6.07) is 18.3. The number of aromatic nitrogens is 4. The van der Waals surface area contributed by atoms with Crippen molar-refractivity contribution in [1.29, 1.82) is 0 Å². The summed E-state index contributed by atoms with van der Waals surface area (Å²) in [5.74, 6) is 1.46. The van der Waals surface area contributed by atoms with Gasteiger partial charge in [-0.15, -0.1) is 0 Å². The molecule has 0 saturated heterocycles. The highest BCUT2D eigenvalue weighted by Crippen LogP contribution is 2.21. The maximum absolute atomic E-state index is 12.2. The monoisotopic (exact) mass is 374 g/mol. The van der Waals surface area contributed by atoms with Gasteiger partial charge in [-0.25, -0.2) is 4.68 Å². The molecule has 28 heavy (non-hydrogen) atoms. The largest absolute Gasteiger partial charge is 0.497 e. The van der Waals surface area contributed by atoms with Gasteiger partial charge in [0.25, 0.3) is 11.4 Å². The van der Waals surface area contributed by atoms with Crippen LogP contribution in [0.5, 0.6) is 5.75 Å². The van der Waals surface area contributed by atoms with Gasteiger partial charge in [-0.1, -0.05) is 47.1 Å². The number of methoxy groups -OCH3 is 1. The third-order valence-corrected chi connectivity index (χ3v) is 4.29. The highest BCUT2D eigenvalue weighted by Gasteiger charge is 2.13. The molecule has 0 atom stereocenters. The van der Waals surface area contributed by atoms with Crippen LogP contribution < -0.4 is 10.3 Å². The van der Waals surface area contributed by atoms with E-state index >= 15 is 0 Å². The minimum atomic E-state index is -0.218. The molecule has 7 nitrogen and oxygen atoms in total. The van der Waals surface area contributed by atoms with Crippen molar-refractivity contribution in [2.75, 3.05) is 7.11 Å². The molecule has 0 radical (unpaired) electrons. The predicted octanol–water partition coefficient (Wildman–Crippen LogP) is 3.33. The van der Waals surface area contributed by atoms with Crippen LogP contribution in [0.15, 0.2) is 70.0 Å². The molecule has 4 aromatic rings. The highest BCUT2D eigenvalue weighted by atomic mass is 16.5. The zero-order chi connectivity index (χ0) is 19.5. The minimum Gasteiger partial charge on any atom is -0.497 e. The molecule has 7 heteroatoms. The Kier molecular flexibility index (Phi) is 4.72. The molecule has 0 aliphatic rings. The quantitative estimate of drug-likeness (QED) is 0.533. The van der Waals surface area contributed by atoms with Gasteiger partial charge in [0.05, 0.1) is 13.7 Å². The second kappa shape index (κ2) is 7.48. The Bertz CT molecular complexity index is 1160. The minimum absolute atomic E-state index is 0.218. The standard InChI is InChI=1S/C21H18N4O3/c1-14-6-8-16(9-7-14)20-22-21(28-24-20)18-10-11-19(26)25(23-18)13-15-4-3-5-17(12-15)27-2/h3-12H,13H2,1-2H3. The Hall–Kier alpha value is -3.74. The molecule has 0 saturated carbocycles. The van der Waals surface area contributed by atoms with E-state index in [9.17, 15) is 4.79 Å². The van der Waals surface area contributed by atoms with Crippen LogP contribution >= 0.6 is 0 Å². The molecule has 2 aromatic carbocycles. The molecule has 2 aromatic heterocycles. The summed E-state index contributed by atoms with van der Waals surface area (Å²) in [5.41, 5.74) is 3.12. The number of ether oxygens (including phenoxy) is 1. The van der Waals surface area contributed by atoms with E-state index in [1.54, 1.807) is 13.2 Å². The van der Waals surface area contributed by atoms with E-state index in [1.807, 2.05) is 55.5 Å². The van der Waals surface area contributed by atoms with Gasteiger partial charge in [-0.2, -0.15) is 10.1 Å². The lowest BCUT2D eigenvalue weighted by molar-refractivity contribution is 0.414. The van der Waals surface area contributed by atoms with Crippen LogP contribution in [0.2, 0.25) is 0 Å². The van der Waals surface area contributed by atoms with Crippen LogP contribution in [0.3, 0.4) is 0 Å². The van der Waals surface area contributed by atoms with Crippen LogP contribution in [0.4, 0.5) is 0 Å². The lowest BCUT2D eigenvalue weighted by atomic mass is 10.1. The maximum atomic E-state index is 12.2. The Labute approximate surface area is 161 Å². The molecule has 0 amide bonds. The van der Waals surface area contributed by atoms with Crippen molar-refractivity contribution in [1.82, 2.24) is 19.9 Å². The fraction of sp³-hybridized carbons (Fsp3) is 0.143. The normalized spacial score (nSPS) is 10.8. The molecule has 0 aliphatic heterocycles. The SMILES string of the molecule is COc1cccc(Cn2nc(-c3nc(-c4ccc(C)cc4)no3)ccc2=O)c1. The van der Waals surface area contributed by atoms with Gasteiger partial charge in [0.15, 0.2) is 0 Å². The number of benzene rings is 2. The molecule has 140 valence electrons. The second-order valence-corrected chi connectivity index (χ2v) is 6.36. The summed E-state index contributed by atoms with van der Waals surface area (Å²) in [4.78, 5) is 16.6. The highest BCUT2D eigenvalue weighted by molar-refractivity contribution is 5.57. The van der Waals surface area contributed by atoms with Crippen molar-refractivity contribution < 1.29 is 9.26 Å². The van der Waals surface area contributed by atoms with Crippen LogP contribution in [0.25, 0.3) is 23.0 Å². The van der Waals surface area contributed by atoms with Gasteiger partial charge in [0.2, 0.25) is 5.82 Å². The van der Waals surface area contributed by atoms with Crippen molar-refractivity contribution >= 4 is 0 Å². The Morgan fingerprint density at radius 2 is 1.89 bits per heavy atom. The molecule has 0 spiro atoms. The fourth-order valence-corrected chi connectivity index (χ4v) is 2.77. The third kappa shape index (κ3) is 3.68. The van der Waals surface area contributed by atoms with Crippen molar-refractivity contribution in [3.63, 3.8) is 0 Å². The number of hydrogen-bond donors (Lipinski definition) is 0. The predicted molar refractivity (Wildman–Crippen MR) is 104 cm³/mol. The van der Waals surface area contributed by atoms with Crippen LogP contribution in [-0.2, 0) is 6.54 Å². The van der Waals surface area contributed by atoms with Gasteiger partial charge in [0.1, 0.15) is 11.4 Å². The summed E-state index contributed by atoms with van der Waals surface area (Å²) in [6.45, 7) is 2.32. The molecule has 0 aliphatic carbocycles. The third-order valence-electron chi connectivity index (χ3n) is 4.29. The zero-order valence-electron chi connectivity index (χ0n) is 15.5. The van der Waals surface area contributed by atoms with Crippen LogP contribution in [-0.4, -0.2) is 27.0 Å². The van der Waals surface area contributed by atoms with Gasteiger partial charge in [-0.3, -0.25) is 4.79 Å². The summed E-state index contributed by atoms with van der Waals surface area (Å²) in [5, 5.41) is 8.40. The first kappa shape index (κ1) is 17.7. The molecule has 4 rings (SSSR count). The zero-order valence-corrected chi connectivity index (χ0v) is 15.5. The van der Waals surface area contributed by atoms with Gasteiger partial charge >= 0.3 is 0 Å². The number of hydrogen-bond acceptors (Lipinski definition) is 6. The molecule has 0 N–H and O–H groups in total. The molecule has 0 bridgehead atoms. The second-order valence-electron chi connectivity index (χ2n) is 6.36. The average molecular weight is 374 g/mol. The summed E-state index contributed by atoms with van der Waals surface area (Å²) >= 11 is 0. The van der Waals surface area contributed by atoms with Crippen LogP contribution in [0, 0.1) is 6.92 Å². The molecule has 2 heterocycles. The average Bonchev–Trinajstić information content (AvgIpc) is 3.20. The van der Waals surface area contributed by atoms with Crippen molar-refractivity contribution in [2.24, 2.45) is 0 Å². The fourth-order valence-electron chi connectivity index (χ4n) is 2.77. The molecular formula is C21H18N4O3. The molecular weight excluding hydrogens is 356 g/mol. The van der Waals surface area contributed by atoms with E-state index < -0.39 is 0 Å². The smallest absolute Gasteiger partial charge is 0.278 e. The lowest BCUT2D eigenvalue weighted by Gasteiger charge is -2.07. The molecule has 0 fully saturated rings. The summed E-state index contributed by atoms with van der Waals surface area (Å²) in [6.07, 6.45) is 0. The van der Waals surface area contributed by atoms with E-state index in [2.05, 4.69) is 15.2 Å². The molecule has 0 unspecified atom stereocenters. The van der Waals surface area contributed by atoms with Crippen molar-refractivity contribution in [2.45, 2.75) is 13.5 Å². The maximum Gasteiger partial charge on any atom is 0.278 e. The number of nitrogens with zero attached hydrogens (tertiary/aromatic N) is 4. The first-order chi connectivity index (χ1) is 13.6. The topological polar surface area (TPSA) is 83.0 Å². The first-order valence-electron chi connectivity index (χ1n) is 8.74.